The van der Waals surface area contributed by atoms with Crippen LogP contribution in [0.3, 0.4) is 0 Å². The van der Waals surface area contributed by atoms with Crippen LogP contribution in [0.4, 0.5) is 30.7 Å². The van der Waals surface area contributed by atoms with Gasteiger partial charge in [0.05, 0.1) is 22.6 Å². The third kappa shape index (κ3) is 9.27. The van der Waals surface area contributed by atoms with Crippen LogP contribution in [0.5, 0.6) is 0 Å². The number of carbonyl (C=O) groups excluding carboxylic acids is 2. The summed E-state index contributed by atoms with van der Waals surface area (Å²) in [5.74, 6) is -5.15. The topological polar surface area (TPSA) is 58.2 Å². The number of benzene rings is 2. The SMILES string of the molecule is C[C@@H](NCC(=O)c1ccc(/C(F)=C/C(c2ccc(Cl)c(Cl)c2)C(F)(F)F)cc1Br)C(=O)NCC(F)(F)F. The molecule has 0 aliphatic carbocycles. The minimum Gasteiger partial charge on any atom is -0.346 e. The third-order valence-electron chi connectivity index (χ3n) is 4.94. The van der Waals surface area contributed by atoms with E-state index in [9.17, 15) is 40.3 Å². The lowest BCUT2D eigenvalue weighted by Crippen LogP contribution is -2.46. The zero-order valence-electron chi connectivity index (χ0n) is 18.7. The second-order valence-corrected chi connectivity index (χ2v) is 9.43. The quantitative estimate of drug-likeness (QED) is 0.225. The Bertz CT molecular complexity index is 1190. The smallest absolute Gasteiger partial charge is 0.346 e. The Balaban J connectivity index is 2.16. The van der Waals surface area contributed by atoms with Crippen LogP contribution in [0, 0.1) is 0 Å². The standard InChI is InChI=1S/C23H18BrCl2F7N2O2/c1-11(21(37)35-10-22(28,29)30)34-9-20(36)14-4-2-13(6-16(14)24)19(27)8-15(23(31,32)33)12-3-5-17(25)18(26)7-12/h2-8,11,15,34H,9-10H2,1H3,(H,35,37)/b19-8-/t11-,15?/m1/s1. The summed E-state index contributed by atoms with van der Waals surface area (Å²) in [6.07, 6.45) is -9.08. The summed E-state index contributed by atoms with van der Waals surface area (Å²) in [5.41, 5.74) is -0.586. The van der Waals surface area contributed by atoms with Gasteiger partial charge >= 0.3 is 12.4 Å². The Morgan fingerprint density at radius 1 is 1.03 bits per heavy atom. The highest BCUT2D eigenvalue weighted by Gasteiger charge is 2.40. The van der Waals surface area contributed by atoms with Crippen molar-refractivity contribution in [3.63, 3.8) is 0 Å². The van der Waals surface area contributed by atoms with Crippen molar-refractivity contribution in [3.05, 3.63) is 73.7 Å². The summed E-state index contributed by atoms with van der Waals surface area (Å²) >= 11 is 14.6. The number of rotatable bonds is 9. The van der Waals surface area contributed by atoms with Crippen molar-refractivity contribution in [3.8, 4) is 0 Å². The van der Waals surface area contributed by atoms with Crippen LogP contribution in [0.25, 0.3) is 5.83 Å². The lowest BCUT2D eigenvalue weighted by molar-refractivity contribution is -0.139. The molecule has 1 amide bonds. The molecule has 4 nitrogen and oxygen atoms in total. The van der Waals surface area contributed by atoms with Crippen molar-refractivity contribution in [1.29, 1.82) is 0 Å². The minimum absolute atomic E-state index is 0.00352. The van der Waals surface area contributed by atoms with Crippen LogP contribution in [0.15, 0.2) is 46.9 Å². The molecule has 2 rings (SSSR count). The van der Waals surface area contributed by atoms with Crippen molar-refractivity contribution >= 4 is 56.6 Å². The molecule has 0 aromatic heterocycles. The number of alkyl halides is 6. The maximum atomic E-state index is 14.9. The van der Waals surface area contributed by atoms with Gasteiger partial charge in [0.1, 0.15) is 18.3 Å². The summed E-state index contributed by atoms with van der Waals surface area (Å²) in [7, 11) is 0. The van der Waals surface area contributed by atoms with Gasteiger partial charge in [-0.1, -0.05) is 51.3 Å². The van der Waals surface area contributed by atoms with E-state index in [0.29, 0.717) is 6.08 Å². The van der Waals surface area contributed by atoms with Gasteiger partial charge in [0.25, 0.3) is 0 Å². The Labute approximate surface area is 225 Å². The zero-order chi connectivity index (χ0) is 28.1. The van der Waals surface area contributed by atoms with Gasteiger partial charge in [-0.25, -0.2) is 4.39 Å². The average molecular weight is 638 g/mol. The second kappa shape index (κ2) is 12.6. The lowest BCUT2D eigenvalue weighted by atomic mass is 9.96. The molecule has 2 N–H and O–H groups in total. The van der Waals surface area contributed by atoms with Gasteiger partial charge in [0.15, 0.2) is 5.78 Å². The van der Waals surface area contributed by atoms with E-state index in [2.05, 4.69) is 21.2 Å². The van der Waals surface area contributed by atoms with E-state index in [1.807, 2.05) is 0 Å². The molecule has 0 heterocycles. The molecule has 37 heavy (non-hydrogen) atoms. The molecule has 1 unspecified atom stereocenters. The fraction of sp³-hybridized carbons (Fsp3) is 0.304. The molecule has 0 aliphatic heterocycles. The molecule has 2 aromatic carbocycles. The van der Waals surface area contributed by atoms with Gasteiger partial charge in [-0.2, -0.15) is 26.3 Å². The molecule has 0 saturated heterocycles. The van der Waals surface area contributed by atoms with Gasteiger partial charge in [-0.3, -0.25) is 14.9 Å². The van der Waals surface area contributed by atoms with Crippen LogP contribution < -0.4 is 10.6 Å². The van der Waals surface area contributed by atoms with E-state index in [-0.39, 0.29) is 31.2 Å². The van der Waals surface area contributed by atoms with Gasteiger partial charge in [-0.15, -0.1) is 0 Å². The molecule has 0 radical (unpaired) electrons. The molecule has 0 saturated carbocycles. The number of halogens is 10. The number of Topliss-reactive ketones (excluding diaryl/α,β-unsaturated/α-hetero) is 1. The van der Waals surface area contributed by atoms with Crippen molar-refractivity contribution in [2.45, 2.75) is 31.2 Å². The Kier molecular flexibility index (Phi) is 10.6. The van der Waals surface area contributed by atoms with Crippen LogP contribution >= 0.6 is 39.1 Å². The lowest BCUT2D eigenvalue weighted by Gasteiger charge is -2.18. The number of hydrogen-bond donors (Lipinski definition) is 2. The van der Waals surface area contributed by atoms with Crippen molar-refractivity contribution in [2.75, 3.05) is 13.1 Å². The van der Waals surface area contributed by atoms with Crippen molar-refractivity contribution in [2.24, 2.45) is 0 Å². The van der Waals surface area contributed by atoms with Gasteiger partial charge < -0.3 is 5.32 Å². The van der Waals surface area contributed by atoms with E-state index in [1.165, 1.54) is 6.92 Å². The van der Waals surface area contributed by atoms with Gasteiger partial charge in [-0.05, 0) is 42.8 Å². The van der Waals surface area contributed by atoms with Crippen molar-refractivity contribution < 1.29 is 40.3 Å². The summed E-state index contributed by atoms with van der Waals surface area (Å²) < 4.78 is 92.4. The normalized spacial score (nSPS) is 14.3. The summed E-state index contributed by atoms with van der Waals surface area (Å²) in [4.78, 5) is 24.1. The first-order chi connectivity index (χ1) is 17.0. The Morgan fingerprint density at radius 3 is 2.22 bits per heavy atom. The maximum Gasteiger partial charge on any atom is 0.405 e. The predicted molar refractivity (Wildman–Crippen MR) is 129 cm³/mol. The highest BCUT2D eigenvalue weighted by molar-refractivity contribution is 9.10. The molecule has 0 aliphatic rings. The molecule has 0 spiro atoms. The van der Waals surface area contributed by atoms with Gasteiger partial charge in [0, 0.05) is 15.6 Å². The fourth-order valence-corrected chi connectivity index (χ4v) is 3.90. The molecule has 2 atom stereocenters. The average Bonchev–Trinajstić information content (AvgIpc) is 2.79. The number of ketones is 1. The van der Waals surface area contributed by atoms with Crippen molar-refractivity contribution in [1.82, 2.24) is 10.6 Å². The molecule has 2 aromatic rings. The predicted octanol–water partition coefficient (Wildman–Crippen LogP) is 7.25. The van der Waals surface area contributed by atoms with Crippen LogP contribution in [-0.4, -0.2) is 43.2 Å². The van der Waals surface area contributed by atoms with Crippen LogP contribution in [-0.2, 0) is 4.79 Å². The summed E-state index contributed by atoms with van der Waals surface area (Å²) in [5, 5.41) is 4.04. The van der Waals surface area contributed by atoms with E-state index in [0.717, 1.165) is 36.4 Å². The number of amides is 1. The van der Waals surface area contributed by atoms with E-state index in [1.54, 1.807) is 5.32 Å². The maximum absolute atomic E-state index is 14.9. The largest absolute Gasteiger partial charge is 0.405 e. The Morgan fingerprint density at radius 2 is 1.68 bits per heavy atom. The molecule has 0 bridgehead atoms. The second-order valence-electron chi connectivity index (χ2n) is 7.76. The monoisotopic (exact) mass is 636 g/mol. The first-order valence-corrected chi connectivity index (χ1v) is 11.8. The summed E-state index contributed by atoms with van der Waals surface area (Å²) in [6.45, 7) is -0.731. The minimum atomic E-state index is -4.85. The fourth-order valence-electron chi connectivity index (χ4n) is 2.99. The zero-order valence-corrected chi connectivity index (χ0v) is 21.8. The highest BCUT2D eigenvalue weighted by atomic mass is 79.9. The number of hydrogen-bond acceptors (Lipinski definition) is 3. The highest BCUT2D eigenvalue weighted by Crippen LogP contribution is 2.40. The third-order valence-corrected chi connectivity index (χ3v) is 6.33. The van der Waals surface area contributed by atoms with E-state index in [4.69, 9.17) is 23.2 Å². The first kappa shape index (κ1) is 31.1. The molecular formula is C23H18BrCl2F7N2O2. The van der Waals surface area contributed by atoms with E-state index >= 15 is 0 Å². The number of carbonyl (C=O) groups is 2. The molecular weight excluding hydrogens is 620 g/mol. The molecule has 14 heteroatoms. The van der Waals surface area contributed by atoms with Crippen LogP contribution in [0.2, 0.25) is 10.0 Å². The molecule has 202 valence electrons. The summed E-state index contributed by atoms with van der Waals surface area (Å²) in [6, 6.07) is 5.44. The van der Waals surface area contributed by atoms with Crippen LogP contribution in [0.1, 0.15) is 34.3 Å². The molecule has 0 fully saturated rings. The number of allylic oxidation sites excluding steroid dienone is 1. The number of nitrogens with one attached hydrogen (secondary N) is 2. The Hall–Kier alpha value is -2.15. The van der Waals surface area contributed by atoms with E-state index < -0.39 is 54.9 Å². The van der Waals surface area contributed by atoms with Gasteiger partial charge in [0.2, 0.25) is 5.91 Å². The first-order valence-electron chi connectivity index (χ1n) is 10.3.